The zero-order chi connectivity index (χ0) is 27.5. The summed E-state index contributed by atoms with van der Waals surface area (Å²) in [6, 6.07) is 23.1. The second-order valence-electron chi connectivity index (χ2n) is 9.07. The smallest absolute Gasteiger partial charge is 0.341 e. The third-order valence-corrected chi connectivity index (χ3v) is 7.19. The molecule has 0 unspecified atom stereocenters. The Kier molecular flexibility index (Phi) is 7.25. The first-order valence-corrected chi connectivity index (χ1v) is 13.0. The van der Waals surface area contributed by atoms with Crippen molar-refractivity contribution in [3.05, 3.63) is 127 Å². The summed E-state index contributed by atoms with van der Waals surface area (Å²) in [5, 5.41) is 11.8. The molecule has 1 atom stereocenters. The van der Waals surface area contributed by atoms with Crippen LogP contribution in [-0.2, 0) is 9.59 Å². The second-order valence-corrected chi connectivity index (χ2v) is 10.1. The number of nitrogens with one attached hydrogen (secondary N) is 1. The number of fused-ring (bicyclic) bond motifs is 1. The molecule has 1 aromatic heterocycles. The number of aliphatic carboxylic acids is 1. The Morgan fingerprint density at radius 2 is 1.79 bits per heavy atom. The van der Waals surface area contributed by atoms with Gasteiger partial charge in [0.1, 0.15) is 5.75 Å². The minimum absolute atomic E-state index is 0.279. The predicted molar refractivity (Wildman–Crippen MR) is 150 cm³/mol. The molecule has 9 heteroatoms. The summed E-state index contributed by atoms with van der Waals surface area (Å²) in [7, 11) is 0. The van der Waals surface area contributed by atoms with E-state index in [1.165, 1.54) is 11.3 Å². The lowest BCUT2D eigenvalue weighted by molar-refractivity contribution is -0.139. The molecule has 8 nitrogen and oxygen atoms in total. The van der Waals surface area contributed by atoms with Crippen molar-refractivity contribution in [1.29, 1.82) is 0 Å². The Balaban J connectivity index is 1.61. The largest absolute Gasteiger partial charge is 0.482 e. The molecule has 0 saturated carbocycles. The number of carboxylic acid groups (broad SMARTS) is 1. The summed E-state index contributed by atoms with van der Waals surface area (Å²) in [6.07, 6.45) is 1.71. The summed E-state index contributed by atoms with van der Waals surface area (Å²) < 4.78 is 7.27. The number of benzene rings is 3. The van der Waals surface area contributed by atoms with Gasteiger partial charge in [0.15, 0.2) is 11.4 Å². The van der Waals surface area contributed by atoms with Crippen molar-refractivity contribution in [2.45, 2.75) is 19.9 Å². The maximum absolute atomic E-state index is 13.8. The fourth-order valence-electron chi connectivity index (χ4n) is 4.39. The van der Waals surface area contributed by atoms with Crippen LogP contribution in [-0.4, -0.2) is 28.2 Å². The second kappa shape index (κ2) is 10.9. The van der Waals surface area contributed by atoms with E-state index in [2.05, 4.69) is 10.3 Å². The van der Waals surface area contributed by atoms with E-state index in [0.29, 0.717) is 37.6 Å². The number of para-hydroxylation sites is 1. The number of carbonyl (C=O) groups is 2. The number of carbonyl (C=O) groups excluding carboxylic acids is 1. The number of allylic oxidation sites excluding steroid dienone is 1. The molecule has 1 aliphatic rings. The summed E-state index contributed by atoms with van der Waals surface area (Å²) in [5.41, 5.74) is 3.83. The highest BCUT2D eigenvalue weighted by Crippen LogP contribution is 2.31. The number of rotatable bonds is 7. The van der Waals surface area contributed by atoms with Crippen molar-refractivity contribution in [2.75, 3.05) is 11.9 Å². The number of thiazole rings is 1. The van der Waals surface area contributed by atoms with Gasteiger partial charge in [-0.1, -0.05) is 71.5 Å². The van der Waals surface area contributed by atoms with Gasteiger partial charge in [-0.15, -0.1) is 0 Å². The zero-order valence-corrected chi connectivity index (χ0v) is 22.1. The molecule has 2 heterocycles. The molecular weight excluding hydrogens is 514 g/mol. The minimum atomic E-state index is -1.08. The Hall–Kier alpha value is -4.76. The van der Waals surface area contributed by atoms with Gasteiger partial charge < -0.3 is 15.2 Å². The average Bonchev–Trinajstić information content (AvgIpc) is 3.22. The normalized spacial score (nSPS) is 14.9. The number of aryl methyl sites for hydroxylation is 1. The first-order chi connectivity index (χ1) is 18.8. The van der Waals surface area contributed by atoms with E-state index in [-0.39, 0.29) is 11.5 Å². The van der Waals surface area contributed by atoms with Gasteiger partial charge in [0.05, 0.1) is 21.8 Å². The molecule has 0 fully saturated rings. The molecule has 196 valence electrons. The van der Waals surface area contributed by atoms with Crippen LogP contribution in [0.15, 0.2) is 99.9 Å². The molecule has 3 aromatic carbocycles. The quantitative estimate of drug-likeness (QED) is 0.373. The average molecular weight is 540 g/mol. The van der Waals surface area contributed by atoms with Crippen LogP contribution in [0.2, 0.25) is 0 Å². The molecule has 0 bridgehead atoms. The van der Waals surface area contributed by atoms with E-state index >= 15 is 0 Å². The third kappa shape index (κ3) is 5.58. The van der Waals surface area contributed by atoms with Crippen LogP contribution in [0.4, 0.5) is 5.69 Å². The van der Waals surface area contributed by atoms with Crippen molar-refractivity contribution < 1.29 is 19.4 Å². The van der Waals surface area contributed by atoms with E-state index in [1.54, 1.807) is 54.0 Å². The zero-order valence-electron chi connectivity index (χ0n) is 21.3. The molecule has 1 aliphatic heterocycles. The van der Waals surface area contributed by atoms with Gasteiger partial charge in [0.25, 0.3) is 11.5 Å². The topological polar surface area (TPSA) is 110 Å². The van der Waals surface area contributed by atoms with Gasteiger partial charge in [-0.2, -0.15) is 0 Å². The molecule has 0 spiro atoms. The lowest BCUT2D eigenvalue weighted by Gasteiger charge is -2.25. The van der Waals surface area contributed by atoms with E-state index in [4.69, 9.17) is 9.84 Å². The summed E-state index contributed by atoms with van der Waals surface area (Å²) in [5.74, 6) is -1.02. The number of amides is 1. The van der Waals surface area contributed by atoms with Crippen LogP contribution in [0.3, 0.4) is 0 Å². The lowest BCUT2D eigenvalue weighted by atomic mass is 9.94. The summed E-state index contributed by atoms with van der Waals surface area (Å²) >= 11 is 1.23. The molecule has 5 rings (SSSR count). The van der Waals surface area contributed by atoms with Crippen molar-refractivity contribution in [2.24, 2.45) is 4.99 Å². The summed E-state index contributed by atoms with van der Waals surface area (Å²) in [4.78, 5) is 43.4. The Labute approximate surface area is 227 Å². The molecule has 0 radical (unpaired) electrons. The van der Waals surface area contributed by atoms with Gasteiger partial charge in [-0.3, -0.25) is 14.2 Å². The van der Waals surface area contributed by atoms with E-state index < -0.39 is 18.6 Å². The first-order valence-electron chi connectivity index (χ1n) is 12.2. The number of hydrogen-bond acceptors (Lipinski definition) is 6. The number of ether oxygens (including phenoxy) is 1. The fourth-order valence-corrected chi connectivity index (χ4v) is 5.43. The Morgan fingerprint density at radius 3 is 2.51 bits per heavy atom. The van der Waals surface area contributed by atoms with Crippen LogP contribution in [0, 0.1) is 6.92 Å². The highest BCUT2D eigenvalue weighted by Gasteiger charge is 2.32. The van der Waals surface area contributed by atoms with Gasteiger partial charge in [-0.05, 0) is 55.3 Å². The predicted octanol–water partition coefficient (Wildman–Crippen LogP) is 3.65. The molecule has 1 amide bonds. The number of nitrogens with zero attached hydrogens (tertiary/aromatic N) is 2. The third-order valence-electron chi connectivity index (χ3n) is 6.21. The van der Waals surface area contributed by atoms with Crippen LogP contribution in [0.25, 0.3) is 6.08 Å². The number of anilines is 1. The van der Waals surface area contributed by atoms with Crippen LogP contribution in [0.5, 0.6) is 5.75 Å². The van der Waals surface area contributed by atoms with Crippen LogP contribution >= 0.6 is 11.3 Å². The van der Waals surface area contributed by atoms with Crippen LogP contribution in [0.1, 0.15) is 29.7 Å². The van der Waals surface area contributed by atoms with E-state index in [1.807, 2.05) is 49.4 Å². The molecular formula is C30H25N3O5S. The van der Waals surface area contributed by atoms with Crippen molar-refractivity contribution in [3.63, 3.8) is 0 Å². The molecule has 2 N–H and O–H groups in total. The van der Waals surface area contributed by atoms with Gasteiger partial charge in [0.2, 0.25) is 0 Å². The van der Waals surface area contributed by atoms with E-state index in [0.717, 1.165) is 11.1 Å². The van der Waals surface area contributed by atoms with Crippen molar-refractivity contribution >= 4 is 35.0 Å². The van der Waals surface area contributed by atoms with Gasteiger partial charge in [-0.25, -0.2) is 9.79 Å². The monoisotopic (exact) mass is 539 g/mol. The van der Waals surface area contributed by atoms with E-state index in [9.17, 15) is 14.4 Å². The molecule has 0 saturated heterocycles. The van der Waals surface area contributed by atoms with Gasteiger partial charge >= 0.3 is 5.97 Å². The fraction of sp³-hybridized carbons (Fsp3) is 0.133. The standard InChI is InChI=1S/C30H25N3O5S/c1-18-11-13-21(14-12-18)27-26(28(36)32-22-8-4-3-5-9-22)19(2)31-30-33(27)29(37)24(39-30)16-20-7-6-10-23(15-20)38-17-25(34)35/h3-16,27H,17H2,1-2H3,(H,32,36)(H,34,35)/b24-16-/t27-/m1/s1. The maximum atomic E-state index is 13.8. The maximum Gasteiger partial charge on any atom is 0.341 e. The number of carboxylic acids is 1. The van der Waals surface area contributed by atoms with Crippen molar-refractivity contribution in [1.82, 2.24) is 4.57 Å². The molecule has 4 aromatic rings. The highest BCUT2D eigenvalue weighted by molar-refractivity contribution is 7.07. The highest BCUT2D eigenvalue weighted by atomic mass is 32.1. The minimum Gasteiger partial charge on any atom is -0.482 e. The Bertz CT molecular complexity index is 1770. The summed E-state index contributed by atoms with van der Waals surface area (Å²) in [6.45, 7) is 3.30. The van der Waals surface area contributed by atoms with Crippen molar-refractivity contribution in [3.8, 4) is 5.75 Å². The lowest BCUT2D eigenvalue weighted by Crippen LogP contribution is -2.40. The van der Waals surface area contributed by atoms with Crippen LogP contribution < -0.4 is 24.9 Å². The SMILES string of the molecule is CC1=C(C(=O)Nc2ccccc2)[C@@H](c2ccc(C)cc2)n2c(s/c(=C\c3cccc(OCC(=O)O)c3)c2=O)=N1. The first kappa shape index (κ1) is 25.9. The van der Waals surface area contributed by atoms with Gasteiger partial charge in [0, 0.05) is 5.69 Å². The molecule has 0 aliphatic carbocycles. The Morgan fingerprint density at radius 1 is 1.05 bits per heavy atom. The number of aromatic nitrogens is 1. The molecule has 39 heavy (non-hydrogen) atoms. The number of hydrogen-bond donors (Lipinski definition) is 2.